The Morgan fingerprint density at radius 3 is 2.53 bits per heavy atom. The first-order valence-electron chi connectivity index (χ1n) is 7.81. The van der Waals surface area contributed by atoms with E-state index in [9.17, 15) is 0 Å². The van der Waals surface area contributed by atoms with Crippen molar-refractivity contribution < 1.29 is 4.74 Å². The summed E-state index contributed by atoms with van der Waals surface area (Å²) in [5.41, 5.74) is 0.461. The second-order valence-corrected chi connectivity index (χ2v) is 7.43. The first-order valence-corrected chi connectivity index (χ1v) is 7.81. The third-order valence-electron chi connectivity index (χ3n) is 4.33. The quantitative estimate of drug-likeness (QED) is 0.803. The van der Waals surface area contributed by atoms with Gasteiger partial charge in [-0.25, -0.2) is 0 Å². The number of rotatable bonds is 6. The Hall–Kier alpha value is -0.120. The lowest BCUT2D eigenvalue weighted by molar-refractivity contribution is -0.0300. The molecule has 0 radical (unpaired) electrons. The maximum absolute atomic E-state index is 5.80. The number of nitrogens with one attached hydrogen (secondary N) is 1. The lowest BCUT2D eigenvalue weighted by atomic mass is 9.81. The molecule has 1 N–H and O–H groups in total. The first kappa shape index (κ1) is 16.9. The summed E-state index contributed by atoms with van der Waals surface area (Å²) in [6.45, 7) is 15.3. The van der Waals surface area contributed by atoms with Crippen LogP contribution in [0.5, 0.6) is 0 Å². The van der Waals surface area contributed by atoms with Crippen molar-refractivity contribution in [2.45, 2.75) is 65.5 Å². The molecule has 1 fully saturated rings. The van der Waals surface area contributed by atoms with Crippen molar-refractivity contribution in [3.05, 3.63) is 0 Å². The molecule has 19 heavy (non-hydrogen) atoms. The highest BCUT2D eigenvalue weighted by Crippen LogP contribution is 2.30. The summed E-state index contributed by atoms with van der Waals surface area (Å²) >= 11 is 0. The van der Waals surface area contributed by atoms with Gasteiger partial charge in [0.1, 0.15) is 0 Å². The van der Waals surface area contributed by atoms with Crippen molar-refractivity contribution in [2.75, 3.05) is 33.4 Å². The zero-order valence-electron chi connectivity index (χ0n) is 13.9. The molecule has 2 atom stereocenters. The highest BCUT2D eigenvalue weighted by molar-refractivity contribution is 4.89. The summed E-state index contributed by atoms with van der Waals surface area (Å²) in [7, 11) is 2.25. The van der Waals surface area contributed by atoms with Gasteiger partial charge >= 0.3 is 0 Å². The average molecular weight is 270 g/mol. The van der Waals surface area contributed by atoms with Crippen LogP contribution < -0.4 is 5.32 Å². The van der Waals surface area contributed by atoms with E-state index >= 15 is 0 Å². The second-order valence-electron chi connectivity index (χ2n) is 7.43. The third kappa shape index (κ3) is 5.80. The van der Waals surface area contributed by atoms with Crippen molar-refractivity contribution in [2.24, 2.45) is 5.41 Å². The minimum atomic E-state index is 0.180. The van der Waals surface area contributed by atoms with Crippen molar-refractivity contribution >= 4 is 0 Å². The van der Waals surface area contributed by atoms with Gasteiger partial charge in [-0.3, -0.25) is 0 Å². The monoisotopic (exact) mass is 270 g/mol. The Morgan fingerprint density at radius 2 is 2.05 bits per heavy atom. The van der Waals surface area contributed by atoms with E-state index in [1.165, 1.54) is 19.3 Å². The fourth-order valence-corrected chi connectivity index (χ4v) is 2.68. The SMILES string of the molecule is CCC(C)N(C)CC1(CNC(C)(C)C)CCCOC1. The predicted molar refractivity (Wildman–Crippen MR) is 82.6 cm³/mol. The van der Waals surface area contributed by atoms with Gasteiger partial charge in [-0.15, -0.1) is 0 Å². The Labute approximate surface area is 120 Å². The van der Waals surface area contributed by atoms with Gasteiger partial charge in [0.05, 0.1) is 6.61 Å². The van der Waals surface area contributed by atoms with Crippen molar-refractivity contribution in [1.82, 2.24) is 10.2 Å². The largest absolute Gasteiger partial charge is 0.381 e. The van der Waals surface area contributed by atoms with Gasteiger partial charge in [-0.2, -0.15) is 0 Å². The molecule has 0 saturated carbocycles. The smallest absolute Gasteiger partial charge is 0.0546 e. The van der Waals surface area contributed by atoms with E-state index in [-0.39, 0.29) is 11.0 Å². The molecule has 1 aliphatic heterocycles. The van der Waals surface area contributed by atoms with Crippen LogP contribution in [0.4, 0.5) is 0 Å². The summed E-state index contributed by atoms with van der Waals surface area (Å²) in [5.74, 6) is 0. The van der Waals surface area contributed by atoms with Crippen LogP contribution >= 0.6 is 0 Å². The molecule has 1 rings (SSSR count). The van der Waals surface area contributed by atoms with Gasteiger partial charge in [-0.05, 0) is 54.0 Å². The molecular weight excluding hydrogens is 236 g/mol. The van der Waals surface area contributed by atoms with E-state index in [1.807, 2.05) is 0 Å². The number of nitrogens with zero attached hydrogens (tertiary/aromatic N) is 1. The summed E-state index contributed by atoms with van der Waals surface area (Å²) in [4.78, 5) is 2.50. The summed E-state index contributed by atoms with van der Waals surface area (Å²) in [6.07, 6.45) is 3.68. The fraction of sp³-hybridized carbons (Fsp3) is 1.00. The molecule has 3 nitrogen and oxygen atoms in total. The van der Waals surface area contributed by atoms with Crippen LogP contribution in [0.2, 0.25) is 0 Å². The fourth-order valence-electron chi connectivity index (χ4n) is 2.68. The van der Waals surface area contributed by atoms with E-state index in [4.69, 9.17) is 4.74 Å². The highest BCUT2D eigenvalue weighted by atomic mass is 16.5. The molecule has 0 amide bonds. The van der Waals surface area contributed by atoms with Crippen LogP contribution in [0.1, 0.15) is 53.9 Å². The first-order chi connectivity index (χ1) is 8.78. The van der Waals surface area contributed by atoms with Crippen molar-refractivity contribution in [3.8, 4) is 0 Å². The molecule has 0 aromatic heterocycles. The van der Waals surface area contributed by atoms with Crippen molar-refractivity contribution in [1.29, 1.82) is 0 Å². The third-order valence-corrected chi connectivity index (χ3v) is 4.33. The average Bonchev–Trinajstić information content (AvgIpc) is 2.36. The Balaban J connectivity index is 2.64. The van der Waals surface area contributed by atoms with E-state index in [2.05, 4.69) is 51.9 Å². The zero-order valence-corrected chi connectivity index (χ0v) is 13.9. The van der Waals surface area contributed by atoms with Crippen LogP contribution in [-0.4, -0.2) is 49.8 Å². The molecule has 3 heteroatoms. The number of ether oxygens (including phenoxy) is 1. The summed E-state index contributed by atoms with van der Waals surface area (Å²) in [5, 5.41) is 3.69. The molecule has 0 aromatic carbocycles. The standard InChI is InChI=1S/C16H34N2O/c1-7-14(2)18(6)12-16(9-8-10-19-13-16)11-17-15(3,4)5/h14,17H,7-13H2,1-6H3. The zero-order chi connectivity index (χ0) is 14.5. The molecule has 0 spiro atoms. The van der Waals surface area contributed by atoms with Crippen LogP contribution in [0.25, 0.3) is 0 Å². The van der Waals surface area contributed by atoms with Crippen molar-refractivity contribution in [3.63, 3.8) is 0 Å². The number of hydrogen-bond acceptors (Lipinski definition) is 3. The Bertz CT molecular complexity index is 254. The van der Waals surface area contributed by atoms with E-state index in [1.54, 1.807) is 0 Å². The summed E-state index contributed by atoms with van der Waals surface area (Å²) < 4.78 is 5.80. The van der Waals surface area contributed by atoms with Gasteiger partial charge in [-0.1, -0.05) is 6.92 Å². The van der Waals surface area contributed by atoms with Gasteiger partial charge in [0, 0.05) is 36.7 Å². The normalized spacial score (nSPS) is 26.7. The van der Waals surface area contributed by atoms with E-state index < -0.39 is 0 Å². The Morgan fingerprint density at radius 1 is 1.37 bits per heavy atom. The molecular formula is C16H34N2O. The lowest BCUT2D eigenvalue weighted by Crippen LogP contribution is -2.52. The minimum absolute atomic E-state index is 0.180. The molecule has 0 bridgehead atoms. The van der Waals surface area contributed by atoms with Crippen LogP contribution in [0.15, 0.2) is 0 Å². The minimum Gasteiger partial charge on any atom is -0.381 e. The molecule has 114 valence electrons. The highest BCUT2D eigenvalue weighted by Gasteiger charge is 2.35. The molecule has 0 aromatic rings. The molecule has 2 unspecified atom stereocenters. The van der Waals surface area contributed by atoms with Gasteiger partial charge < -0.3 is 15.0 Å². The van der Waals surface area contributed by atoms with Gasteiger partial charge in [0.2, 0.25) is 0 Å². The van der Waals surface area contributed by atoms with Gasteiger partial charge in [0.25, 0.3) is 0 Å². The second kappa shape index (κ2) is 7.05. The maximum atomic E-state index is 5.80. The molecule has 1 saturated heterocycles. The lowest BCUT2D eigenvalue weighted by Gasteiger charge is -2.43. The van der Waals surface area contributed by atoms with Gasteiger partial charge in [0.15, 0.2) is 0 Å². The van der Waals surface area contributed by atoms with E-state index in [0.717, 1.165) is 26.3 Å². The maximum Gasteiger partial charge on any atom is 0.0546 e. The Kier molecular flexibility index (Phi) is 6.28. The topological polar surface area (TPSA) is 24.5 Å². The van der Waals surface area contributed by atoms with Crippen LogP contribution in [0.3, 0.4) is 0 Å². The van der Waals surface area contributed by atoms with E-state index in [0.29, 0.717) is 6.04 Å². The molecule has 0 aliphatic carbocycles. The summed E-state index contributed by atoms with van der Waals surface area (Å²) in [6, 6.07) is 0.647. The predicted octanol–water partition coefficient (Wildman–Crippen LogP) is 2.90. The molecule has 1 heterocycles. The van der Waals surface area contributed by atoms with Crippen LogP contribution in [-0.2, 0) is 4.74 Å². The van der Waals surface area contributed by atoms with Crippen LogP contribution in [0, 0.1) is 5.41 Å². The number of hydrogen-bond donors (Lipinski definition) is 1. The molecule has 1 aliphatic rings.